The van der Waals surface area contributed by atoms with Crippen molar-refractivity contribution in [3.63, 3.8) is 0 Å². The van der Waals surface area contributed by atoms with E-state index in [1.54, 1.807) is 0 Å². The summed E-state index contributed by atoms with van der Waals surface area (Å²) in [6.07, 6.45) is 2.24. The Kier molecular flexibility index (Phi) is 5.56. The fourth-order valence-corrected chi connectivity index (χ4v) is 3.16. The molecule has 0 saturated heterocycles. The molecule has 1 saturated carbocycles. The molecule has 0 aromatic heterocycles. The van der Waals surface area contributed by atoms with E-state index in [4.69, 9.17) is 4.74 Å². The monoisotopic (exact) mass is 352 g/mol. The second kappa shape index (κ2) is 8.04. The zero-order valence-corrected chi connectivity index (χ0v) is 14.9. The van der Waals surface area contributed by atoms with Gasteiger partial charge in [0.15, 0.2) is 0 Å². The van der Waals surface area contributed by atoms with Gasteiger partial charge in [0, 0.05) is 12.0 Å². The third kappa shape index (κ3) is 4.42. The lowest BCUT2D eigenvalue weighted by Gasteiger charge is -2.21. The van der Waals surface area contributed by atoms with Crippen LogP contribution in [0.15, 0.2) is 60.7 Å². The highest BCUT2D eigenvalue weighted by Crippen LogP contribution is 2.47. The van der Waals surface area contributed by atoms with Gasteiger partial charge >= 0.3 is 12.0 Å². The molecule has 3 rings (SSSR count). The number of carbonyl (C=O) groups is 2. The lowest BCUT2D eigenvalue weighted by Crippen LogP contribution is -2.42. The van der Waals surface area contributed by atoms with E-state index in [1.807, 2.05) is 48.5 Å². The maximum Gasteiger partial charge on any atom is 0.315 e. The number of urea groups is 1. The predicted molar refractivity (Wildman–Crippen MR) is 99.7 cm³/mol. The Morgan fingerprint density at radius 3 is 2.23 bits per heavy atom. The Balaban J connectivity index is 1.60. The second-order valence-corrected chi connectivity index (χ2v) is 6.72. The van der Waals surface area contributed by atoms with Crippen molar-refractivity contribution in [2.75, 3.05) is 13.7 Å². The second-order valence-electron chi connectivity index (χ2n) is 6.72. The molecular weight excluding hydrogens is 328 g/mol. The maximum atomic E-state index is 12.4. The molecular formula is C21H24N2O3. The number of hydrogen-bond donors (Lipinski definition) is 2. The topological polar surface area (TPSA) is 67.4 Å². The molecule has 136 valence electrons. The van der Waals surface area contributed by atoms with Crippen molar-refractivity contribution in [1.29, 1.82) is 0 Å². The fraction of sp³-hybridized carbons (Fsp3) is 0.333. The maximum absolute atomic E-state index is 12.4. The van der Waals surface area contributed by atoms with Crippen LogP contribution in [-0.2, 0) is 14.9 Å². The van der Waals surface area contributed by atoms with E-state index in [0.29, 0.717) is 6.54 Å². The van der Waals surface area contributed by atoms with Gasteiger partial charge < -0.3 is 15.4 Å². The van der Waals surface area contributed by atoms with E-state index in [2.05, 4.69) is 22.8 Å². The molecule has 5 nitrogen and oxygen atoms in total. The normalized spacial score (nSPS) is 15.6. The largest absolute Gasteiger partial charge is 0.469 e. The third-order valence-electron chi connectivity index (χ3n) is 4.93. The van der Waals surface area contributed by atoms with Crippen LogP contribution in [0.5, 0.6) is 0 Å². The standard InChI is InChI=1S/C21H24N2O3/c1-26-19(24)14-18(16-8-4-2-5-9-16)23-20(25)22-15-21(12-13-21)17-10-6-3-7-11-17/h2-11,18H,12-15H2,1H3,(H2,22,23,25). The van der Waals surface area contributed by atoms with Crippen LogP contribution in [0.1, 0.15) is 36.4 Å². The van der Waals surface area contributed by atoms with Gasteiger partial charge in [-0.2, -0.15) is 0 Å². The number of benzene rings is 2. The number of esters is 1. The van der Waals surface area contributed by atoms with Crippen molar-refractivity contribution >= 4 is 12.0 Å². The highest BCUT2D eigenvalue weighted by Gasteiger charge is 2.44. The summed E-state index contributed by atoms with van der Waals surface area (Å²) in [5.74, 6) is -0.359. The number of amides is 2. The fourth-order valence-electron chi connectivity index (χ4n) is 3.16. The molecule has 0 spiro atoms. The molecule has 2 aromatic carbocycles. The van der Waals surface area contributed by atoms with Crippen molar-refractivity contribution < 1.29 is 14.3 Å². The zero-order chi connectivity index (χ0) is 18.4. The number of nitrogens with one attached hydrogen (secondary N) is 2. The van der Waals surface area contributed by atoms with Crippen LogP contribution in [0.2, 0.25) is 0 Å². The van der Waals surface area contributed by atoms with Crippen molar-refractivity contribution in [3.8, 4) is 0 Å². The van der Waals surface area contributed by atoms with Crippen LogP contribution >= 0.6 is 0 Å². The minimum Gasteiger partial charge on any atom is -0.469 e. The van der Waals surface area contributed by atoms with E-state index in [9.17, 15) is 9.59 Å². The number of carbonyl (C=O) groups excluding carboxylic acids is 2. The molecule has 0 radical (unpaired) electrons. The van der Waals surface area contributed by atoms with Gasteiger partial charge in [0.05, 0.1) is 19.6 Å². The summed E-state index contributed by atoms with van der Waals surface area (Å²) in [5.41, 5.74) is 2.18. The molecule has 1 aliphatic carbocycles. The first-order chi connectivity index (χ1) is 12.6. The first-order valence-electron chi connectivity index (χ1n) is 8.85. The molecule has 2 amide bonds. The minimum atomic E-state index is -0.421. The van der Waals surface area contributed by atoms with Crippen molar-refractivity contribution in [2.24, 2.45) is 0 Å². The summed E-state index contributed by atoms with van der Waals surface area (Å²) in [5, 5.41) is 5.87. The van der Waals surface area contributed by atoms with Gasteiger partial charge in [-0.3, -0.25) is 4.79 Å². The Morgan fingerprint density at radius 1 is 1.04 bits per heavy atom. The average molecular weight is 352 g/mol. The van der Waals surface area contributed by atoms with Gasteiger partial charge in [-0.05, 0) is 24.0 Å². The average Bonchev–Trinajstić information content (AvgIpc) is 3.48. The number of methoxy groups -OCH3 is 1. The molecule has 1 unspecified atom stereocenters. The Labute approximate surface area is 153 Å². The van der Waals surface area contributed by atoms with Gasteiger partial charge in [-0.15, -0.1) is 0 Å². The van der Waals surface area contributed by atoms with Crippen LogP contribution < -0.4 is 10.6 Å². The van der Waals surface area contributed by atoms with Crippen LogP contribution in [-0.4, -0.2) is 25.7 Å². The quantitative estimate of drug-likeness (QED) is 0.751. The Bertz CT molecular complexity index is 742. The van der Waals surface area contributed by atoms with Gasteiger partial charge in [0.1, 0.15) is 0 Å². The molecule has 1 fully saturated rings. The number of hydrogen-bond acceptors (Lipinski definition) is 3. The predicted octanol–water partition coefficient (Wildman–Crippen LogP) is 3.32. The van der Waals surface area contributed by atoms with E-state index < -0.39 is 6.04 Å². The van der Waals surface area contributed by atoms with E-state index in [-0.39, 0.29) is 23.8 Å². The molecule has 0 aliphatic heterocycles. The molecule has 26 heavy (non-hydrogen) atoms. The Morgan fingerprint density at radius 2 is 1.65 bits per heavy atom. The molecule has 2 aromatic rings. The first kappa shape index (κ1) is 18.0. The van der Waals surface area contributed by atoms with Crippen LogP contribution in [0.4, 0.5) is 4.79 Å². The number of rotatable bonds is 7. The minimum absolute atomic E-state index is 0.0448. The summed E-state index contributed by atoms with van der Waals surface area (Å²) >= 11 is 0. The molecule has 0 bridgehead atoms. The summed E-state index contributed by atoms with van der Waals surface area (Å²) in [6, 6.07) is 19.0. The van der Waals surface area contributed by atoms with E-state index in [0.717, 1.165) is 18.4 Å². The first-order valence-corrected chi connectivity index (χ1v) is 8.85. The SMILES string of the molecule is COC(=O)CC(NC(=O)NCC1(c2ccccc2)CC1)c1ccccc1. The van der Waals surface area contributed by atoms with Crippen LogP contribution in [0, 0.1) is 0 Å². The molecule has 1 atom stereocenters. The Hall–Kier alpha value is -2.82. The third-order valence-corrected chi connectivity index (χ3v) is 4.93. The highest BCUT2D eigenvalue weighted by atomic mass is 16.5. The summed E-state index contributed by atoms with van der Waals surface area (Å²) in [7, 11) is 1.35. The van der Waals surface area contributed by atoms with Crippen molar-refractivity contribution in [3.05, 3.63) is 71.8 Å². The summed E-state index contributed by atoms with van der Waals surface area (Å²) in [4.78, 5) is 24.1. The van der Waals surface area contributed by atoms with Gasteiger partial charge in [-0.25, -0.2) is 4.79 Å². The smallest absolute Gasteiger partial charge is 0.315 e. The lowest BCUT2D eigenvalue weighted by atomic mass is 9.96. The summed E-state index contributed by atoms with van der Waals surface area (Å²) < 4.78 is 4.76. The zero-order valence-electron chi connectivity index (χ0n) is 14.9. The van der Waals surface area contributed by atoms with Gasteiger partial charge in [-0.1, -0.05) is 60.7 Å². The van der Waals surface area contributed by atoms with E-state index in [1.165, 1.54) is 12.7 Å². The number of ether oxygens (including phenoxy) is 1. The van der Waals surface area contributed by atoms with Crippen molar-refractivity contribution in [2.45, 2.75) is 30.7 Å². The highest BCUT2D eigenvalue weighted by molar-refractivity contribution is 5.76. The molecule has 2 N–H and O–H groups in total. The molecule has 5 heteroatoms. The summed E-state index contributed by atoms with van der Waals surface area (Å²) in [6.45, 7) is 0.586. The molecule has 0 heterocycles. The van der Waals surface area contributed by atoms with Crippen LogP contribution in [0.3, 0.4) is 0 Å². The lowest BCUT2D eigenvalue weighted by molar-refractivity contribution is -0.141. The van der Waals surface area contributed by atoms with E-state index >= 15 is 0 Å². The van der Waals surface area contributed by atoms with Gasteiger partial charge in [0.25, 0.3) is 0 Å². The van der Waals surface area contributed by atoms with Crippen molar-refractivity contribution in [1.82, 2.24) is 10.6 Å². The molecule has 1 aliphatic rings. The van der Waals surface area contributed by atoms with Gasteiger partial charge in [0.2, 0.25) is 0 Å². The van der Waals surface area contributed by atoms with Crippen LogP contribution in [0.25, 0.3) is 0 Å².